The molecule has 1 amide bonds. The SMILES string of the molecule is COc1cc(/C=C(\C#N)C(=O)Nc2ccccc2C)ccc1O[C@H](C)c1ccccc1. The van der Waals surface area contributed by atoms with Crippen LogP contribution in [0.25, 0.3) is 6.08 Å². The summed E-state index contributed by atoms with van der Waals surface area (Å²) >= 11 is 0. The van der Waals surface area contributed by atoms with Crippen LogP contribution >= 0.6 is 0 Å². The fraction of sp³-hybridized carbons (Fsp3) is 0.154. The van der Waals surface area contributed by atoms with Crippen molar-refractivity contribution in [2.45, 2.75) is 20.0 Å². The molecule has 0 aliphatic carbocycles. The third-order valence-corrected chi connectivity index (χ3v) is 4.83. The number of benzene rings is 3. The zero-order valence-electron chi connectivity index (χ0n) is 17.8. The highest BCUT2D eigenvalue weighted by atomic mass is 16.5. The van der Waals surface area contributed by atoms with Gasteiger partial charge in [-0.15, -0.1) is 0 Å². The minimum Gasteiger partial charge on any atom is -0.493 e. The van der Waals surface area contributed by atoms with Gasteiger partial charge in [-0.05, 0) is 54.8 Å². The lowest BCUT2D eigenvalue weighted by Gasteiger charge is -2.17. The van der Waals surface area contributed by atoms with Gasteiger partial charge in [-0.1, -0.05) is 54.6 Å². The first-order valence-corrected chi connectivity index (χ1v) is 9.90. The number of amides is 1. The molecule has 0 heterocycles. The maximum atomic E-state index is 12.6. The van der Waals surface area contributed by atoms with E-state index in [1.54, 1.807) is 31.4 Å². The molecule has 0 aliphatic heterocycles. The molecule has 0 spiro atoms. The van der Waals surface area contributed by atoms with Crippen LogP contribution in [-0.4, -0.2) is 13.0 Å². The second-order valence-corrected chi connectivity index (χ2v) is 7.02. The lowest BCUT2D eigenvalue weighted by atomic mass is 10.1. The van der Waals surface area contributed by atoms with Gasteiger partial charge < -0.3 is 14.8 Å². The maximum absolute atomic E-state index is 12.6. The number of methoxy groups -OCH3 is 1. The molecule has 0 bridgehead atoms. The molecule has 3 aromatic carbocycles. The summed E-state index contributed by atoms with van der Waals surface area (Å²) in [6.07, 6.45) is 1.37. The van der Waals surface area contributed by atoms with Crippen LogP contribution in [0.1, 0.15) is 29.7 Å². The molecule has 0 aliphatic rings. The van der Waals surface area contributed by atoms with Crippen LogP contribution in [0.2, 0.25) is 0 Å². The minimum absolute atomic E-state index is 0.00312. The second kappa shape index (κ2) is 10.1. The van der Waals surface area contributed by atoms with Gasteiger partial charge in [0, 0.05) is 5.69 Å². The van der Waals surface area contributed by atoms with E-state index in [1.807, 2.05) is 68.4 Å². The van der Waals surface area contributed by atoms with Crippen molar-refractivity contribution < 1.29 is 14.3 Å². The predicted molar refractivity (Wildman–Crippen MR) is 122 cm³/mol. The molecule has 0 radical (unpaired) electrons. The van der Waals surface area contributed by atoms with E-state index in [-0.39, 0.29) is 11.7 Å². The fourth-order valence-corrected chi connectivity index (χ4v) is 3.07. The molecule has 31 heavy (non-hydrogen) atoms. The highest BCUT2D eigenvalue weighted by Crippen LogP contribution is 2.32. The van der Waals surface area contributed by atoms with Gasteiger partial charge in [0.1, 0.15) is 17.7 Å². The lowest BCUT2D eigenvalue weighted by Crippen LogP contribution is -2.14. The standard InChI is InChI=1S/C26H24N2O3/c1-18-9-7-8-12-23(18)28-26(29)22(17-27)15-20-13-14-24(25(16-20)30-3)31-19(2)21-10-5-4-6-11-21/h4-16,19H,1-3H3,(H,28,29)/b22-15+/t19-/m1/s1. The second-order valence-electron chi connectivity index (χ2n) is 7.02. The van der Waals surface area contributed by atoms with Crippen LogP contribution in [-0.2, 0) is 4.79 Å². The quantitative estimate of drug-likeness (QED) is 0.400. The third-order valence-electron chi connectivity index (χ3n) is 4.83. The van der Waals surface area contributed by atoms with Crippen molar-refractivity contribution in [2.24, 2.45) is 0 Å². The number of nitrogens with zero attached hydrogens (tertiary/aromatic N) is 1. The number of nitrogens with one attached hydrogen (secondary N) is 1. The Bertz CT molecular complexity index is 1130. The topological polar surface area (TPSA) is 71.3 Å². The van der Waals surface area contributed by atoms with Crippen LogP contribution in [0.4, 0.5) is 5.69 Å². The van der Waals surface area contributed by atoms with Crippen LogP contribution in [0, 0.1) is 18.3 Å². The zero-order valence-corrected chi connectivity index (χ0v) is 17.8. The van der Waals surface area contributed by atoms with E-state index in [0.717, 1.165) is 11.1 Å². The molecule has 3 aromatic rings. The van der Waals surface area contributed by atoms with E-state index in [1.165, 1.54) is 6.08 Å². The van der Waals surface area contributed by atoms with Crippen molar-refractivity contribution in [3.63, 3.8) is 0 Å². The van der Waals surface area contributed by atoms with Gasteiger partial charge in [0.2, 0.25) is 0 Å². The summed E-state index contributed by atoms with van der Waals surface area (Å²) in [6.45, 7) is 3.86. The largest absolute Gasteiger partial charge is 0.493 e. The van der Waals surface area contributed by atoms with Crippen LogP contribution in [0.5, 0.6) is 11.5 Å². The Balaban J connectivity index is 1.80. The molecule has 156 valence electrons. The molecule has 5 nitrogen and oxygen atoms in total. The average Bonchev–Trinajstić information content (AvgIpc) is 2.80. The fourth-order valence-electron chi connectivity index (χ4n) is 3.07. The summed E-state index contributed by atoms with van der Waals surface area (Å²) in [5.41, 5.74) is 3.30. The Morgan fingerprint density at radius 1 is 1.03 bits per heavy atom. The molecule has 5 heteroatoms. The van der Waals surface area contributed by atoms with E-state index in [0.29, 0.717) is 22.7 Å². The van der Waals surface area contributed by atoms with Gasteiger partial charge in [-0.2, -0.15) is 5.26 Å². The Morgan fingerprint density at radius 3 is 2.42 bits per heavy atom. The molecule has 3 rings (SSSR count). The van der Waals surface area contributed by atoms with Gasteiger partial charge >= 0.3 is 0 Å². The van der Waals surface area contributed by atoms with E-state index in [2.05, 4.69) is 5.32 Å². The highest BCUT2D eigenvalue weighted by molar-refractivity contribution is 6.10. The van der Waals surface area contributed by atoms with Crippen molar-refractivity contribution in [3.8, 4) is 17.6 Å². The first kappa shape index (κ1) is 21.7. The molecule has 0 unspecified atom stereocenters. The Kier molecular flexibility index (Phi) is 7.08. The van der Waals surface area contributed by atoms with Crippen molar-refractivity contribution in [3.05, 3.63) is 95.1 Å². The number of aryl methyl sites for hydroxylation is 1. The molecule has 0 saturated heterocycles. The van der Waals surface area contributed by atoms with Gasteiger partial charge in [-0.25, -0.2) is 0 Å². The monoisotopic (exact) mass is 412 g/mol. The van der Waals surface area contributed by atoms with Gasteiger partial charge in [-0.3, -0.25) is 4.79 Å². The summed E-state index contributed by atoms with van der Waals surface area (Å²) < 4.78 is 11.5. The van der Waals surface area contributed by atoms with Gasteiger partial charge in [0.25, 0.3) is 5.91 Å². The maximum Gasteiger partial charge on any atom is 0.266 e. The molecule has 0 saturated carbocycles. The summed E-state index contributed by atoms with van der Waals surface area (Å²) in [5, 5.41) is 12.3. The number of hydrogen-bond donors (Lipinski definition) is 1. The van der Waals surface area contributed by atoms with Crippen LogP contribution in [0.15, 0.2) is 78.4 Å². The van der Waals surface area contributed by atoms with Crippen LogP contribution in [0.3, 0.4) is 0 Å². The lowest BCUT2D eigenvalue weighted by molar-refractivity contribution is -0.112. The molecule has 0 fully saturated rings. The molecule has 1 atom stereocenters. The number of ether oxygens (including phenoxy) is 2. The number of hydrogen-bond acceptors (Lipinski definition) is 4. The summed E-state index contributed by atoms with van der Waals surface area (Å²) in [5.74, 6) is 0.640. The number of carbonyl (C=O) groups is 1. The van der Waals surface area contributed by atoms with Crippen molar-refractivity contribution in [2.75, 3.05) is 12.4 Å². The third kappa shape index (κ3) is 5.52. The van der Waals surface area contributed by atoms with E-state index in [9.17, 15) is 10.1 Å². The zero-order chi connectivity index (χ0) is 22.2. The van der Waals surface area contributed by atoms with Crippen LogP contribution < -0.4 is 14.8 Å². The summed E-state index contributed by atoms with van der Waals surface area (Å²) in [7, 11) is 1.55. The van der Waals surface area contributed by atoms with Gasteiger partial charge in [0.05, 0.1) is 7.11 Å². The highest BCUT2D eigenvalue weighted by Gasteiger charge is 2.14. The van der Waals surface area contributed by atoms with E-state index < -0.39 is 5.91 Å². The van der Waals surface area contributed by atoms with Gasteiger partial charge in [0.15, 0.2) is 11.5 Å². The van der Waals surface area contributed by atoms with Crippen molar-refractivity contribution in [1.29, 1.82) is 5.26 Å². The smallest absolute Gasteiger partial charge is 0.266 e. The predicted octanol–water partition coefficient (Wildman–Crippen LogP) is 5.69. The molecule has 1 N–H and O–H groups in total. The average molecular weight is 412 g/mol. The van der Waals surface area contributed by atoms with Crippen molar-refractivity contribution >= 4 is 17.7 Å². The van der Waals surface area contributed by atoms with Crippen molar-refractivity contribution in [1.82, 2.24) is 0 Å². The molecular formula is C26H24N2O3. The Morgan fingerprint density at radius 2 is 1.74 bits per heavy atom. The summed E-state index contributed by atoms with van der Waals surface area (Å²) in [6, 6.07) is 24.6. The van der Waals surface area contributed by atoms with E-state index in [4.69, 9.17) is 9.47 Å². The number of rotatable bonds is 7. The molecular weight excluding hydrogens is 388 g/mol. The Labute approximate surface area is 182 Å². The Hall–Kier alpha value is -4.04. The number of anilines is 1. The number of nitriles is 1. The first-order valence-electron chi connectivity index (χ1n) is 9.90. The first-order chi connectivity index (χ1) is 15.0. The number of carbonyl (C=O) groups excluding carboxylic acids is 1. The minimum atomic E-state index is -0.464. The number of para-hydroxylation sites is 1. The normalized spacial score (nSPS) is 11.9. The van der Waals surface area contributed by atoms with E-state index >= 15 is 0 Å². The molecule has 0 aromatic heterocycles. The summed E-state index contributed by atoms with van der Waals surface area (Å²) in [4.78, 5) is 12.6.